The molecule has 0 aromatic heterocycles. The van der Waals surface area contributed by atoms with E-state index in [2.05, 4.69) is 33.0 Å². The molecule has 0 fully saturated rings. The van der Waals surface area contributed by atoms with Crippen LogP contribution in [0.15, 0.2) is 24.3 Å². The number of hydrogen-bond donors (Lipinski definition) is 2. The molecule has 0 aliphatic carbocycles. The molecule has 1 unspecified atom stereocenters. The van der Waals surface area contributed by atoms with Crippen molar-refractivity contribution in [1.82, 2.24) is 5.32 Å². The Labute approximate surface area is 92.3 Å². The summed E-state index contributed by atoms with van der Waals surface area (Å²) in [6, 6.07) is 7.86. The van der Waals surface area contributed by atoms with Gasteiger partial charge >= 0.3 is 0 Å². The molecule has 0 aliphatic heterocycles. The molecule has 0 saturated heterocycles. The van der Waals surface area contributed by atoms with E-state index in [9.17, 15) is 5.11 Å². The Morgan fingerprint density at radius 1 is 1.27 bits per heavy atom. The molecular formula is C13H21NO. The predicted molar refractivity (Wildman–Crippen MR) is 63.9 cm³/mol. The normalized spacial score (nSPS) is 13.9. The number of benzene rings is 1. The maximum absolute atomic E-state index is 9.59. The lowest BCUT2D eigenvalue weighted by atomic mass is 9.88. The summed E-state index contributed by atoms with van der Waals surface area (Å²) in [7, 11) is 0. The average Bonchev–Trinajstić information content (AvgIpc) is 2.14. The van der Waals surface area contributed by atoms with Gasteiger partial charge in [-0.1, -0.05) is 39.0 Å². The van der Waals surface area contributed by atoms with Gasteiger partial charge in [-0.25, -0.2) is 0 Å². The van der Waals surface area contributed by atoms with E-state index >= 15 is 0 Å². The molecule has 1 aromatic carbocycles. The Bertz CT molecular complexity index is 315. The van der Waals surface area contributed by atoms with Crippen LogP contribution in [0, 0.1) is 5.41 Å². The van der Waals surface area contributed by atoms with E-state index in [1.165, 1.54) is 0 Å². The van der Waals surface area contributed by atoms with E-state index in [0.717, 1.165) is 5.56 Å². The first-order valence-corrected chi connectivity index (χ1v) is 5.41. The van der Waals surface area contributed by atoms with Crippen molar-refractivity contribution in [2.75, 3.05) is 0 Å². The molecule has 2 nitrogen and oxygen atoms in total. The Balaban J connectivity index is 2.55. The van der Waals surface area contributed by atoms with Gasteiger partial charge in [0.2, 0.25) is 0 Å². The van der Waals surface area contributed by atoms with Crippen molar-refractivity contribution in [3.05, 3.63) is 29.8 Å². The number of rotatable bonds is 3. The summed E-state index contributed by atoms with van der Waals surface area (Å²) in [5.74, 6) is 0.367. The zero-order valence-electron chi connectivity index (χ0n) is 10.0. The van der Waals surface area contributed by atoms with Crippen molar-refractivity contribution in [1.29, 1.82) is 0 Å². The first-order valence-electron chi connectivity index (χ1n) is 5.41. The van der Waals surface area contributed by atoms with Crippen LogP contribution in [0.25, 0.3) is 0 Å². The number of para-hydroxylation sites is 1. The maximum Gasteiger partial charge on any atom is 0.120 e. The van der Waals surface area contributed by atoms with Gasteiger partial charge in [-0.3, -0.25) is 0 Å². The monoisotopic (exact) mass is 207 g/mol. The molecule has 0 bridgehead atoms. The minimum atomic E-state index is 0.240. The lowest BCUT2D eigenvalue weighted by Crippen LogP contribution is -2.37. The first kappa shape index (κ1) is 12.1. The molecule has 2 N–H and O–H groups in total. The van der Waals surface area contributed by atoms with Crippen LogP contribution >= 0.6 is 0 Å². The molecule has 0 amide bonds. The molecule has 0 saturated carbocycles. The van der Waals surface area contributed by atoms with E-state index in [1.54, 1.807) is 6.07 Å². The van der Waals surface area contributed by atoms with Crippen LogP contribution in [0.2, 0.25) is 0 Å². The summed E-state index contributed by atoms with van der Waals surface area (Å²) in [4.78, 5) is 0. The van der Waals surface area contributed by atoms with Crippen LogP contribution in [0.5, 0.6) is 5.75 Å². The zero-order valence-corrected chi connectivity index (χ0v) is 10.0. The van der Waals surface area contributed by atoms with Crippen LogP contribution in [-0.2, 0) is 6.54 Å². The third kappa shape index (κ3) is 3.56. The van der Waals surface area contributed by atoms with Crippen molar-refractivity contribution in [3.8, 4) is 5.75 Å². The van der Waals surface area contributed by atoms with Crippen LogP contribution in [-0.4, -0.2) is 11.1 Å². The molecule has 2 heteroatoms. The number of aromatic hydroxyl groups is 1. The fourth-order valence-corrected chi connectivity index (χ4v) is 1.23. The van der Waals surface area contributed by atoms with E-state index in [4.69, 9.17) is 0 Å². The molecule has 84 valence electrons. The average molecular weight is 207 g/mol. The molecule has 0 spiro atoms. The Kier molecular flexibility index (Phi) is 3.75. The standard InChI is InChI=1S/C13H21NO/c1-10(13(2,3)4)14-9-11-7-5-6-8-12(11)15/h5-8,10,14-15H,9H2,1-4H3. The van der Waals surface area contributed by atoms with E-state index in [-0.39, 0.29) is 5.41 Å². The molecule has 1 rings (SSSR count). The molecule has 0 heterocycles. The summed E-state index contributed by atoms with van der Waals surface area (Å²) in [6.45, 7) is 9.49. The van der Waals surface area contributed by atoms with E-state index in [1.807, 2.05) is 18.2 Å². The second kappa shape index (κ2) is 4.67. The Hall–Kier alpha value is -1.02. The second-order valence-corrected chi connectivity index (χ2v) is 5.10. The van der Waals surface area contributed by atoms with E-state index < -0.39 is 0 Å². The van der Waals surface area contributed by atoms with Crippen molar-refractivity contribution < 1.29 is 5.11 Å². The highest BCUT2D eigenvalue weighted by Crippen LogP contribution is 2.20. The highest BCUT2D eigenvalue weighted by Gasteiger charge is 2.19. The maximum atomic E-state index is 9.59. The van der Waals surface area contributed by atoms with Gasteiger partial charge in [0.15, 0.2) is 0 Å². The minimum absolute atomic E-state index is 0.240. The highest BCUT2D eigenvalue weighted by molar-refractivity contribution is 5.31. The third-order valence-electron chi connectivity index (χ3n) is 2.89. The fourth-order valence-electron chi connectivity index (χ4n) is 1.23. The smallest absolute Gasteiger partial charge is 0.120 e. The van der Waals surface area contributed by atoms with Gasteiger partial charge in [0, 0.05) is 18.2 Å². The lowest BCUT2D eigenvalue weighted by molar-refractivity contribution is 0.284. The van der Waals surface area contributed by atoms with Gasteiger partial charge in [0.05, 0.1) is 0 Å². The quantitative estimate of drug-likeness (QED) is 0.798. The zero-order chi connectivity index (χ0) is 11.5. The molecular weight excluding hydrogens is 186 g/mol. The molecule has 15 heavy (non-hydrogen) atoms. The molecule has 1 aromatic rings. The predicted octanol–water partition coefficient (Wildman–Crippen LogP) is 2.92. The minimum Gasteiger partial charge on any atom is -0.508 e. The Morgan fingerprint density at radius 2 is 1.87 bits per heavy atom. The van der Waals surface area contributed by atoms with Crippen molar-refractivity contribution in [3.63, 3.8) is 0 Å². The fraction of sp³-hybridized carbons (Fsp3) is 0.538. The first-order chi connectivity index (χ1) is 6.91. The second-order valence-electron chi connectivity index (χ2n) is 5.10. The molecule has 0 aliphatic rings. The van der Waals surface area contributed by atoms with Gasteiger partial charge < -0.3 is 10.4 Å². The largest absolute Gasteiger partial charge is 0.508 e. The summed E-state index contributed by atoms with van der Waals surface area (Å²) >= 11 is 0. The van der Waals surface area contributed by atoms with Crippen molar-refractivity contribution in [2.24, 2.45) is 5.41 Å². The third-order valence-corrected chi connectivity index (χ3v) is 2.89. The van der Waals surface area contributed by atoms with E-state index in [0.29, 0.717) is 18.3 Å². The lowest BCUT2D eigenvalue weighted by Gasteiger charge is -2.28. The number of nitrogens with one attached hydrogen (secondary N) is 1. The number of hydrogen-bond acceptors (Lipinski definition) is 2. The van der Waals surface area contributed by atoms with Crippen LogP contribution in [0.1, 0.15) is 33.3 Å². The summed E-state index contributed by atoms with van der Waals surface area (Å²) in [5.41, 5.74) is 1.19. The molecule has 0 radical (unpaired) electrons. The SMILES string of the molecule is CC(NCc1ccccc1O)C(C)(C)C. The highest BCUT2D eigenvalue weighted by atomic mass is 16.3. The number of phenolic OH excluding ortho intramolecular Hbond substituents is 1. The van der Waals surface area contributed by atoms with Crippen LogP contribution < -0.4 is 5.32 Å². The summed E-state index contributed by atoms with van der Waals surface area (Å²) in [5, 5.41) is 13.0. The summed E-state index contributed by atoms with van der Waals surface area (Å²) in [6.07, 6.45) is 0. The topological polar surface area (TPSA) is 32.3 Å². The van der Waals surface area contributed by atoms with Gasteiger partial charge in [-0.05, 0) is 18.4 Å². The van der Waals surface area contributed by atoms with Gasteiger partial charge in [0.25, 0.3) is 0 Å². The molecule has 1 atom stereocenters. The Morgan fingerprint density at radius 3 is 2.40 bits per heavy atom. The van der Waals surface area contributed by atoms with Gasteiger partial charge in [0.1, 0.15) is 5.75 Å². The van der Waals surface area contributed by atoms with Crippen molar-refractivity contribution >= 4 is 0 Å². The van der Waals surface area contributed by atoms with Gasteiger partial charge in [-0.15, -0.1) is 0 Å². The van der Waals surface area contributed by atoms with Gasteiger partial charge in [-0.2, -0.15) is 0 Å². The van der Waals surface area contributed by atoms with Crippen LogP contribution in [0.4, 0.5) is 0 Å². The summed E-state index contributed by atoms with van der Waals surface area (Å²) < 4.78 is 0. The number of phenols is 1. The van der Waals surface area contributed by atoms with Crippen LogP contribution in [0.3, 0.4) is 0 Å². The van der Waals surface area contributed by atoms with Crippen molar-refractivity contribution in [2.45, 2.75) is 40.3 Å².